The van der Waals surface area contributed by atoms with Crippen molar-refractivity contribution in [2.45, 2.75) is 57.9 Å². The number of aromatic nitrogens is 1. The Morgan fingerprint density at radius 1 is 1.33 bits per heavy atom. The zero-order valence-corrected chi connectivity index (χ0v) is 15.6. The van der Waals surface area contributed by atoms with E-state index in [0.29, 0.717) is 11.7 Å². The van der Waals surface area contributed by atoms with Gasteiger partial charge in [-0.25, -0.2) is 9.78 Å². The van der Waals surface area contributed by atoms with Gasteiger partial charge >= 0.3 is 5.97 Å². The average Bonchev–Trinajstić information content (AvgIpc) is 2.64. The number of amides is 2. The van der Waals surface area contributed by atoms with Gasteiger partial charge in [-0.15, -0.1) is 0 Å². The first-order valence-electron chi connectivity index (χ1n) is 9.67. The van der Waals surface area contributed by atoms with E-state index in [4.69, 9.17) is 5.73 Å². The molecule has 3 N–H and O–H groups in total. The first kappa shape index (κ1) is 19.3. The quantitative estimate of drug-likeness (QED) is 0.739. The zero-order chi connectivity index (χ0) is 19.6. The highest BCUT2D eigenvalue weighted by Crippen LogP contribution is 2.35. The van der Waals surface area contributed by atoms with Crippen molar-refractivity contribution in [3.8, 4) is 0 Å². The summed E-state index contributed by atoms with van der Waals surface area (Å²) in [4.78, 5) is 41.8. The van der Waals surface area contributed by atoms with E-state index in [1.807, 2.05) is 6.92 Å². The van der Waals surface area contributed by atoms with Gasteiger partial charge in [-0.1, -0.05) is 39.0 Å². The van der Waals surface area contributed by atoms with Gasteiger partial charge in [0.15, 0.2) is 0 Å². The average molecular weight is 373 g/mol. The van der Waals surface area contributed by atoms with E-state index in [1.54, 1.807) is 12.1 Å². The molecule has 2 heterocycles. The number of carboxylic acids is 1. The molecule has 1 aromatic heterocycles. The summed E-state index contributed by atoms with van der Waals surface area (Å²) < 4.78 is 0. The number of carboxylic acid groups (broad SMARTS) is 1. The first-order valence-corrected chi connectivity index (χ1v) is 9.67. The third kappa shape index (κ3) is 4.12. The molecule has 3 rings (SSSR count). The predicted octanol–water partition coefficient (Wildman–Crippen LogP) is 2.25. The molecule has 1 aliphatic carbocycles. The number of hydrogen-bond donors (Lipinski definition) is 2. The van der Waals surface area contributed by atoms with Gasteiger partial charge < -0.3 is 10.8 Å². The fourth-order valence-electron chi connectivity index (χ4n) is 4.43. The van der Waals surface area contributed by atoms with Crippen LogP contribution in [0.5, 0.6) is 0 Å². The number of pyridine rings is 1. The number of hydrogen-bond acceptors (Lipinski definition) is 5. The van der Waals surface area contributed by atoms with E-state index >= 15 is 0 Å². The summed E-state index contributed by atoms with van der Waals surface area (Å²) in [6.45, 7) is 2.03. The van der Waals surface area contributed by atoms with Crippen LogP contribution in [-0.2, 0) is 20.8 Å². The number of anilines is 1. The number of nitrogen functional groups attached to an aromatic ring is 1. The Labute approximate surface area is 158 Å². The van der Waals surface area contributed by atoms with Gasteiger partial charge in [0.1, 0.15) is 11.9 Å². The first-order chi connectivity index (χ1) is 12.9. The molecule has 7 heteroatoms. The largest absolute Gasteiger partial charge is 0.480 e. The van der Waals surface area contributed by atoms with Gasteiger partial charge in [0.2, 0.25) is 11.8 Å². The van der Waals surface area contributed by atoms with Gasteiger partial charge in [0.25, 0.3) is 0 Å². The van der Waals surface area contributed by atoms with Crippen LogP contribution in [0.25, 0.3) is 0 Å². The Morgan fingerprint density at radius 3 is 2.67 bits per heavy atom. The van der Waals surface area contributed by atoms with Crippen molar-refractivity contribution in [3.05, 3.63) is 23.9 Å². The maximum atomic E-state index is 12.7. The second-order valence-corrected chi connectivity index (χ2v) is 7.86. The monoisotopic (exact) mass is 373 g/mol. The molecule has 0 radical (unpaired) electrons. The summed E-state index contributed by atoms with van der Waals surface area (Å²) in [5, 5.41) is 9.57. The number of carbonyl (C=O) groups excluding carboxylic acids is 2. The minimum Gasteiger partial charge on any atom is -0.480 e. The van der Waals surface area contributed by atoms with E-state index in [0.717, 1.165) is 23.3 Å². The molecule has 2 amide bonds. The van der Waals surface area contributed by atoms with Crippen molar-refractivity contribution in [1.29, 1.82) is 0 Å². The molecule has 0 bridgehead atoms. The molecule has 2 aliphatic rings. The molecule has 27 heavy (non-hydrogen) atoms. The van der Waals surface area contributed by atoms with E-state index in [-0.39, 0.29) is 24.7 Å². The summed E-state index contributed by atoms with van der Waals surface area (Å²) in [7, 11) is 0. The van der Waals surface area contributed by atoms with Gasteiger partial charge in [0, 0.05) is 12.6 Å². The number of carbonyl (C=O) groups is 3. The minimum atomic E-state index is -1.14. The topological polar surface area (TPSA) is 114 Å². The van der Waals surface area contributed by atoms with Crippen molar-refractivity contribution in [3.63, 3.8) is 0 Å². The van der Waals surface area contributed by atoms with Crippen LogP contribution < -0.4 is 5.73 Å². The highest BCUT2D eigenvalue weighted by Gasteiger charge is 2.54. The van der Waals surface area contributed by atoms with Crippen molar-refractivity contribution >= 4 is 23.6 Å². The second kappa shape index (κ2) is 8.06. The third-order valence-electron chi connectivity index (χ3n) is 5.99. The molecule has 1 aromatic rings. The van der Waals surface area contributed by atoms with Gasteiger partial charge in [0.05, 0.1) is 5.92 Å². The SMILES string of the molecule is C[C@@H](CC(=O)N1C(=O)[C@H](Cc2ccnc(N)c2)[C@H]1C(=O)O)C1CCCCC1. The molecular weight excluding hydrogens is 346 g/mol. The highest BCUT2D eigenvalue weighted by atomic mass is 16.4. The molecule has 0 unspecified atom stereocenters. The van der Waals surface area contributed by atoms with Gasteiger partial charge in [-0.05, 0) is 36.0 Å². The second-order valence-electron chi connectivity index (χ2n) is 7.86. The Bertz CT molecular complexity index is 730. The van der Waals surface area contributed by atoms with Gasteiger partial charge in [-0.2, -0.15) is 0 Å². The number of nitrogens with two attached hydrogens (primary N) is 1. The van der Waals surface area contributed by atoms with Crippen LogP contribution in [0.15, 0.2) is 18.3 Å². The van der Waals surface area contributed by atoms with Crippen molar-refractivity contribution in [2.24, 2.45) is 17.8 Å². The number of likely N-dealkylation sites (tertiary alicyclic amines) is 1. The summed E-state index contributed by atoms with van der Waals surface area (Å²) in [5.41, 5.74) is 6.39. The number of β-lactam (4-membered cyclic amide) rings is 1. The van der Waals surface area contributed by atoms with Crippen molar-refractivity contribution in [1.82, 2.24) is 9.88 Å². The van der Waals surface area contributed by atoms with E-state index < -0.39 is 23.8 Å². The van der Waals surface area contributed by atoms with Crippen LogP contribution in [0.1, 0.15) is 51.0 Å². The molecule has 1 saturated heterocycles. The van der Waals surface area contributed by atoms with Crippen LogP contribution in [0.4, 0.5) is 5.82 Å². The lowest BCUT2D eigenvalue weighted by atomic mass is 9.78. The molecule has 0 aromatic carbocycles. The fraction of sp³-hybridized carbons (Fsp3) is 0.600. The van der Waals surface area contributed by atoms with Crippen LogP contribution in [-0.4, -0.2) is 38.8 Å². The lowest BCUT2D eigenvalue weighted by Gasteiger charge is -2.43. The van der Waals surface area contributed by atoms with Crippen molar-refractivity contribution < 1.29 is 19.5 Å². The van der Waals surface area contributed by atoms with Crippen LogP contribution >= 0.6 is 0 Å². The Kier molecular flexibility index (Phi) is 5.77. The maximum Gasteiger partial charge on any atom is 0.327 e. The summed E-state index contributed by atoms with van der Waals surface area (Å²) in [6.07, 6.45) is 7.82. The zero-order valence-electron chi connectivity index (χ0n) is 15.6. The van der Waals surface area contributed by atoms with Crippen LogP contribution in [0, 0.1) is 17.8 Å². The lowest BCUT2D eigenvalue weighted by molar-refractivity contribution is -0.177. The number of rotatable bonds is 6. The molecule has 1 aliphatic heterocycles. The fourth-order valence-corrected chi connectivity index (χ4v) is 4.43. The van der Waals surface area contributed by atoms with E-state index in [2.05, 4.69) is 4.98 Å². The number of aliphatic carboxylic acids is 1. The Balaban J connectivity index is 1.65. The molecule has 146 valence electrons. The Morgan fingerprint density at radius 2 is 2.04 bits per heavy atom. The molecule has 2 fully saturated rings. The maximum absolute atomic E-state index is 12.7. The van der Waals surface area contributed by atoms with Crippen LogP contribution in [0.2, 0.25) is 0 Å². The third-order valence-corrected chi connectivity index (χ3v) is 5.99. The number of nitrogens with zero attached hydrogens (tertiary/aromatic N) is 2. The minimum absolute atomic E-state index is 0.166. The van der Waals surface area contributed by atoms with Crippen LogP contribution in [0.3, 0.4) is 0 Å². The highest BCUT2D eigenvalue weighted by molar-refractivity contribution is 6.08. The summed E-state index contributed by atoms with van der Waals surface area (Å²) >= 11 is 0. The van der Waals surface area contributed by atoms with E-state index in [9.17, 15) is 19.5 Å². The predicted molar refractivity (Wildman–Crippen MR) is 99.5 cm³/mol. The van der Waals surface area contributed by atoms with E-state index in [1.165, 1.54) is 25.5 Å². The Hall–Kier alpha value is -2.44. The standard InChI is InChI=1S/C20H27N3O4/c1-12(14-5-3-2-4-6-14)9-17(24)23-18(20(26)27)15(19(23)25)10-13-7-8-22-16(21)11-13/h7-8,11-12,14-15,18H,2-6,9-10H2,1H3,(H2,21,22)(H,26,27)/t12-,15+,18-/m0/s1. The molecular formula is C20H27N3O4. The van der Waals surface area contributed by atoms with Crippen molar-refractivity contribution in [2.75, 3.05) is 5.73 Å². The van der Waals surface area contributed by atoms with Gasteiger partial charge in [-0.3, -0.25) is 14.5 Å². The smallest absolute Gasteiger partial charge is 0.327 e. The molecule has 7 nitrogen and oxygen atoms in total. The molecule has 3 atom stereocenters. The summed E-state index contributed by atoms with van der Waals surface area (Å²) in [5.74, 6) is -1.68. The number of imide groups is 1. The normalized spacial score (nSPS) is 24.3. The molecule has 0 spiro atoms. The lowest BCUT2D eigenvalue weighted by Crippen LogP contribution is -2.67. The summed E-state index contributed by atoms with van der Waals surface area (Å²) in [6, 6.07) is 2.23. The molecule has 1 saturated carbocycles.